The number of ether oxygens (including phenoxy) is 2. The van der Waals surface area contributed by atoms with Gasteiger partial charge in [-0.05, 0) is 30.7 Å². The average Bonchev–Trinajstić information content (AvgIpc) is 2.44. The highest BCUT2D eigenvalue weighted by atomic mass is 16.5. The number of benzene rings is 2. The van der Waals surface area contributed by atoms with E-state index in [2.05, 4.69) is 0 Å². The first kappa shape index (κ1) is 12.5. The Morgan fingerprint density at radius 1 is 1.25 bits per heavy atom. The van der Waals surface area contributed by atoms with Gasteiger partial charge in [-0.25, -0.2) is 0 Å². The number of phenols is 1. The van der Waals surface area contributed by atoms with E-state index in [4.69, 9.17) is 9.47 Å². The molecule has 0 radical (unpaired) electrons. The second-order valence-electron chi connectivity index (χ2n) is 4.73. The maximum absolute atomic E-state index is 12.4. The van der Waals surface area contributed by atoms with Crippen LogP contribution in [0.4, 0.5) is 0 Å². The second-order valence-corrected chi connectivity index (χ2v) is 4.73. The van der Waals surface area contributed by atoms with E-state index in [1.54, 1.807) is 6.07 Å². The summed E-state index contributed by atoms with van der Waals surface area (Å²) in [6.45, 7) is 2.07. The van der Waals surface area contributed by atoms with Gasteiger partial charge in [-0.15, -0.1) is 0 Å². The lowest BCUT2D eigenvalue weighted by molar-refractivity contribution is 0.0626. The number of Topliss-reactive ketones (excluding diaryl/α,β-unsaturated/α-hetero) is 1. The molecule has 0 saturated carbocycles. The van der Waals surface area contributed by atoms with Gasteiger partial charge < -0.3 is 14.6 Å². The summed E-state index contributed by atoms with van der Waals surface area (Å²) in [6, 6.07) is 12.0. The van der Waals surface area contributed by atoms with Crippen molar-refractivity contribution in [3.8, 4) is 17.2 Å². The third-order valence-electron chi connectivity index (χ3n) is 3.28. The van der Waals surface area contributed by atoms with Crippen LogP contribution in [0.25, 0.3) is 0 Å². The predicted molar refractivity (Wildman–Crippen MR) is 73.5 cm³/mol. The molecule has 4 nitrogen and oxygen atoms in total. The number of aromatic hydroxyl groups is 1. The number of hydrogen-bond acceptors (Lipinski definition) is 4. The molecule has 20 heavy (non-hydrogen) atoms. The third kappa shape index (κ3) is 2.20. The topological polar surface area (TPSA) is 55.8 Å². The van der Waals surface area contributed by atoms with E-state index in [0.29, 0.717) is 17.1 Å². The van der Waals surface area contributed by atoms with Crippen molar-refractivity contribution in [2.24, 2.45) is 0 Å². The van der Waals surface area contributed by atoms with E-state index in [9.17, 15) is 9.90 Å². The lowest BCUT2D eigenvalue weighted by Crippen LogP contribution is -2.37. The smallest absolute Gasteiger partial charge is 0.210 e. The lowest BCUT2D eigenvalue weighted by Gasteiger charge is -2.25. The molecule has 1 aliphatic heterocycles. The van der Waals surface area contributed by atoms with Gasteiger partial charge in [0, 0.05) is 6.07 Å². The first-order valence-electron chi connectivity index (χ1n) is 6.37. The van der Waals surface area contributed by atoms with Crippen molar-refractivity contribution < 1.29 is 19.4 Å². The van der Waals surface area contributed by atoms with Crippen molar-refractivity contribution >= 4 is 5.78 Å². The third-order valence-corrected chi connectivity index (χ3v) is 3.28. The Balaban J connectivity index is 1.86. The standard InChI is InChI=1S/C16H14O4/c1-10-4-2-3-5-13(10)20-15-9-19-14-8-11(17)6-7-12(14)16(15)18/h2-8,15,17H,9H2,1H3. The quantitative estimate of drug-likeness (QED) is 0.911. The van der Waals surface area contributed by atoms with Crippen LogP contribution < -0.4 is 9.47 Å². The summed E-state index contributed by atoms with van der Waals surface area (Å²) in [7, 11) is 0. The average molecular weight is 270 g/mol. The van der Waals surface area contributed by atoms with E-state index in [1.165, 1.54) is 12.1 Å². The number of phenolic OH excluding ortho intramolecular Hbond substituents is 1. The van der Waals surface area contributed by atoms with Crippen molar-refractivity contribution in [2.75, 3.05) is 6.61 Å². The molecule has 0 saturated heterocycles. The molecule has 0 aliphatic carbocycles. The Kier molecular flexibility index (Phi) is 3.06. The molecule has 0 aromatic heterocycles. The molecule has 3 rings (SSSR count). The van der Waals surface area contributed by atoms with Crippen molar-refractivity contribution in [2.45, 2.75) is 13.0 Å². The van der Waals surface area contributed by atoms with Gasteiger partial charge in [0.15, 0.2) is 6.10 Å². The molecule has 0 bridgehead atoms. The Bertz CT molecular complexity index is 663. The van der Waals surface area contributed by atoms with Crippen LogP contribution in [0.5, 0.6) is 17.2 Å². The van der Waals surface area contributed by atoms with Crippen LogP contribution in [0.1, 0.15) is 15.9 Å². The van der Waals surface area contributed by atoms with Gasteiger partial charge in [0.1, 0.15) is 23.9 Å². The van der Waals surface area contributed by atoms with Gasteiger partial charge in [-0.3, -0.25) is 4.79 Å². The van der Waals surface area contributed by atoms with Crippen molar-refractivity contribution in [1.29, 1.82) is 0 Å². The summed E-state index contributed by atoms with van der Waals surface area (Å²) in [5.41, 5.74) is 1.41. The minimum Gasteiger partial charge on any atom is -0.508 e. The van der Waals surface area contributed by atoms with E-state index in [0.717, 1.165) is 5.56 Å². The molecule has 0 spiro atoms. The molecule has 0 amide bonds. The van der Waals surface area contributed by atoms with Gasteiger partial charge in [0.05, 0.1) is 5.56 Å². The zero-order valence-corrected chi connectivity index (χ0v) is 11.0. The normalized spacial score (nSPS) is 17.2. The fourth-order valence-corrected chi connectivity index (χ4v) is 2.18. The van der Waals surface area contributed by atoms with Crippen LogP contribution in [-0.4, -0.2) is 23.6 Å². The van der Waals surface area contributed by atoms with Crippen molar-refractivity contribution in [1.82, 2.24) is 0 Å². The number of fused-ring (bicyclic) bond motifs is 1. The van der Waals surface area contributed by atoms with Gasteiger partial charge in [-0.1, -0.05) is 18.2 Å². The fourth-order valence-electron chi connectivity index (χ4n) is 2.18. The Labute approximate surface area is 116 Å². The van der Waals surface area contributed by atoms with Crippen LogP contribution in [0.15, 0.2) is 42.5 Å². The molecule has 1 N–H and O–H groups in total. The van der Waals surface area contributed by atoms with E-state index >= 15 is 0 Å². The number of rotatable bonds is 2. The highest BCUT2D eigenvalue weighted by Crippen LogP contribution is 2.30. The molecule has 2 aromatic rings. The summed E-state index contributed by atoms with van der Waals surface area (Å²) < 4.78 is 11.2. The minimum atomic E-state index is -0.659. The Morgan fingerprint density at radius 2 is 2.05 bits per heavy atom. The van der Waals surface area contributed by atoms with Crippen LogP contribution >= 0.6 is 0 Å². The molecular formula is C16H14O4. The largest absolute Gasteiger partial charge is 0.508 e. The molecule has 0 fully saturated rings. The number of aryl methyl sites for hydroxylation is 1. The summed E-state index contributed by atoms with van der Waals surface area (Å²) in [6.07, 6.45) is -0.659. The molecule has 1 heterocycles. The number of para-hydroxylation sites is 1. The highest BCUT2D eigenvalue weighted by Gasteiger charge is 2.31. The molecule has 102 valence electrons. The summed E-state index contributed by atoms with van der Waals surface area (Å²) in [4.78, 5) is 12.4. The highest BCUT2D eigenvalue weighted by molar-refractivity contribution is 6.03. The van der Waals surface area contributed by atoms with Gasteiger partial charge in [0.25, 0.3) is 0 Å². The van der Waals surface area contributed by atoms with Crippen LogP contribution in [0.2, 0.25) is 0 Å². The first-order valence-corrected chi connectivity index (χ1v) is 6.37. The molecule has 1 unspecified atom stereocenters. The second kappa shape index (κ2) is 4.89. The van der Waals surface area contributed by atoms with E-state index in [-0.39, 0.29) is 18.1 Å². The van der Waals surface area contributed by atoms with Gasteiger partial charge in [0.2, 0.25) is 5.78 Å². The summed E-state index contributed by atoms with van der Waals surface area (Å²) >= 11 is 0. The zero-order valence-electron chi connectivity index (χ0n) is 11.0. The lowest BCUT2D eigenvalue weighted by atomic mass is 10.0. The molecule has 1 atom stereocenters. The fraction of sp³-hybridized carbons (Fsp3) is 0.188. The molecule has 2 aromatic carbocycles. The van der Waals surface area contributed by atoms with Crippen LogP contribution in [0, 0.1) is 6.92 Å². The van der Waals surface area contributed by atoms with Gasteiger partial charge >= 0.3 is 0 Å². The molecular weight excluding hydrogens is 256 g/mol. The predicted octanol–water partition coefficient (Wildman–Crippen LogP) is 2.72. The Hall–Kier alpha value is -2.49. The molecule has 1 aliphatic rings. The number of hydrogen-bond donors (Lipinski definition) is 1. The van der Waals surface area contributed by atoms with Crippen molar-refractivity contribution in [3.63, 3.8) is 0 Å². The Morgan fingerprint density at radius 3 is 2.85 bits per heavy atom. The first-order chi connectivity index (χ1) is 9.65. The van der Waals surface area contributed by atoms with Crippen molar-refractivity contribution in [3.05, 3.63) is 53.6 Å². The minimum absolute atomic E-state index is 0.0785. The molecule has 4 heteroatoms. The summed E-state index contributed by atoms with van der Waals surface area (Å²) in [5.74, 6) is 1.03. The van der Waals surface area contributed by atoms with E-state index < -0.39 is 6.10 Å². The maximum Gasteiger partial charge on any atom is 0.210 e. The number of carbonyl (C=O) groups excluding carboxylic acids is 1. The number of carbonyl (C=O) groups is 1. The zero-order chi connectivity index (χ0) is 14.1. The van der Waals surface area contributed by atoms with Gasteiger partial charge in [-0.2, -0.15) is 0 Å². The van der Waals surface area contributed by atoms with Crippen LogP contribution in [0.3, 0.4) is 0 Å². The maximum atomic E-state index is 12.4. The van der Waals surface area contributed by atoms with Crippen LogP contribution in [-0.2, 0) is 0 Å². The number of ketones is 1. The monoisotopic (exact) mass is 270 g/mol. The SMILES string of the molecule is Cc1ccccc1OC1COc2cc(O)ccc2C1=O. The summed E-state index contributed by atoms with van der Waals surface area (Å²) in [5, 5.41) is 9.39. The van der Waals surface area contributed by atoms with E-state index in [1.807, 2.05) is 31.2 Å².